The summed E-state index contributed by atoms with van der Waals surface area (Å²) >= 11 is 0. The first kappa shape index (κ1) is 26.5. The molecule has 0 aliphatic heterocycles. The maximum atomic E-state index is 14.2. The minimum absolute atomic E-state index is 0.117. The molecule has 7 nitrogen and oxygen atoms in total. The van der Waals surface area contributed by atoms with Gasteiger partial charge in [0.05, 0.1) is 22.5 Å². The van der Waals surface area contributed by atoms with E-state index >= 15 is 0 Å². The van der Waals surface area contributed by atoms with Gasteiger partial charge in [0.15, 0.2) is 11.6 Å². The van der Waals surface area contributed by atoms with Gasteiger partial charge in [-0.1, -0.05) is 90.5 Å². The van der Waals surface area contributed by atoms with Crippen LogP contribution in [-0.4, -0.2) is 27.7 Å². The first-order valence-electron chi connectivity index (χ1n) is 13.7. The van der Waals surface area contributed by atoms with Gasteiger partial charge in [-0.05, 0) is 19.1 Å². The Labute approximate surface area is 251 Å². The number of nitrogens with zero attached hydrogens (tertiary/aromatic N) is 3. The van der Waals surface area contributed by atoms with Crippen LogP contribution in [0.15, 0.2) is 108 Å². The van der Waals surface area contributed by atoms with Gasteiger partial charge in [-0.15, -0.1) is 0 Å². The largest absolute Gasteiger partial charge is 0.308 e. The lowest BCUT2D eigenvalue weighted by Crippen LogP contribution is -2.24. The van der Waals surface area contributed by atoms with Crippen LogP contribution in [0.5, 0.6) is 0 Å². The number of nitriles is 2. The van der Waals surface area contributed by atoms with Crippen molar-refractivity contribution in [1.29, 1.82) is 10.5 Å². The lowest BCUT2D eigenvalue weighted by Gasteiger charge is -2.23. The number of hydrogen-bond acceptors (Lipinski definition) is 6. The Balaban J connectivity index is 1.68. The van der Waals surface area contributed by atoms with Gasteiger partial charge in [0.25, 0.3) is 0 Å². The van der Waals surface area contributed by atoms with E-state index in [1.807, 2.05) is 31.2 Å². The van der Waals surface area contributed by atoms with Crippen molar-refractivity contribution in [3.05, 3.63) is 147 Å². The average molecular weight is 570 g/mol. The summed E-state index contributed by atoms with van der Waals surface area (Å²) < 4.78 is 1.63. The Morgan fingerprint density at radius 1 is 0.500 bits per heavy atom. The SMILES string of the molecule is Cc1ccc(-n2c(C3=C(C#N)C(=O)c4ccccc4C3=O)c3ccccc3c2C2=C(C#N)C(=O)c3ccccc3C2=O)cc1. The predicted octanol–water partition coefficient (Wildman–Crippen LogP) is 6.65. The van der Waals surface area contributed by atoms with Gasteiger partial charge in [-0.25, -0.2) is 0 Å². The third-order valence-corrected chi connectivity index (χ3v) is 8.11. The van der Waals surface area contributed by atoms with Crippen molar-refractivity contribution >= 4 is 45.1 Å². The van der Waals surface area contributed by atoms with Crippen LogP contribution in [0.1, 0.15) is 58.4 Å². The van der Waals surface area contributed by atoms with Crippen molar-refractivity contribution in [3.63, 3.8) is 0 Å². The Bertz CT molecular complexity index is 2180. The highest BCUT2D eigenvalue weighted by Gasteiger charge is 2.40. The van der Waals surface area contributed by atoms with Crippen LogP contribution in [0.4, 0.5) is 0 Å². The zero-order valence-electron chi connectivity index (χ0n) is 23.2. The smallest absolute Gasteiger partial charge is 0.205 e. The first-order valence-corrected chi connectivity index (χ1v) is 13.7. The Hall–Kier alpha value is -6.44. The van der Waals surface area contributed by atoms with E-state index in [0.29, 0.717) is 16.5 Å². The molecular formula is C37H19N3O4. The fraction of sp³-hybridized carbons (Fsp3) is 0.0270. The zero-order chi connectivity index (χ0) is 30.7. The molecular weight excluding hydrogens is 550 g/mol. The molecule has 5 aromatic rings. The van der Waals surface area contributed by atoms with E-state index in [1.54, 1.807) is 77.4 Å². The van der Waals surface area contributed by atoms with Crippen LogP contribution >= 0.6 is 0 Å². The molecule has 2 aliphatic carbocycles. The molecule has 0 saturated carbocycles. The summed E-state index contributed by atoms with van der Waals surface area (Å²) in [4.78, 5) is 55.8. The number of allylic oxidation sites excluding steroid dienone is 4. The van der Waals surface area contributed by atoms with Gasteiger partial charge in [-0.3, -0.25) is 19.2 Å². The fourth-order valence-corrected chi connectivity index (χ4v) is 6.11. The summed E-state index contributed by atoms with van der Waals surface area (Å²) in [6, 6.07) is 30.8. The molecule has 0 bridgehead atoms. The van der Waals surface area contributed by atoms with E-state index in [4.69, 9.17) is 0 Å². The highest BCUT2D eigenvalue weighted by molar-refractivity contribution is 6.45. The van der Waals surface area contributed by atoms with E-state index in [2.05, 4.69) is 0 Å². The molecule has 4 aromatic carbocycles. The number of hydrogen-bond donors (Lipinski definition) is 0. The summed E-state index contributed by atoms with van der Waals surface area (Å²) in [5.74, 6) is -2.22. The van der Waals surface area contributed by atoms with Gasteiger partial charge in [0, 0.05) is 38.7 Å². The Morgan fingerprint density at radius 2 is 0.864 bits per heavy atom. The van der Waals surface area contributed by atoms with Crippen molar-refractivity contribution in [2.75, 3.05) is 0 Å². The number of fused-ring (bicyclic) bond motifs is 3. The molecule has 0 fully saturated rings. The molecule has 206 valence electrons. The molecule has 0 unspecified atom stereocenters. The van der Waals surface area contributed by atoms with Crippen molar-refractivity contribution in [1.82, 2.24) is 4.57 Å². The third-order valence-electron chi connectivity index (χ3n) is 8.11. The molecule has 44 heavy (non-hydrogen) atoms. The maximum absolute atomic E-state index is 14.2. The van der Waals surface area contributed by atoms with Gasteiger partial charge in [0.2, 0.25) is 11.6 Å². The van der Waals surface area contributed by atoms with E-state index in [9.17, 15) is 29.7 Å². The number of ketones is 4. The molecule has 7 heteroatoms. The summed E-state index contributed by atoms with van der Waals surface area (Å²) in [7, 11) is 0. The summed E-state index contributed by atoms with van der Waals surface area (Å²) in [6.45, 7) is 1.91. The molecule has 1 heterocycles. The summed E-state index contributed by atoms with van der Waals surface area (Å²) in [5, 5.41) is 21.5. The topological polar surface area (TPSA) is 121 Å². The number of aryl methyl sites for hydroxylation is 1. The molecule has 7 rings (SSSR count). The normalized spacial score (nSPS) is 14.4. The monoisotopic (exact) mass is 569 g/mol. The molecule has 0 atom stereocenters. The number of benzene rings is 4. The lowest BCUT2D eigenvalue weighted by molar-refractivity contribution is 0.0995. The Morgan fingerprint density at radius 3 is 1.25 bits per heavy atom. The average Bonchev–Trinajstić information content (AvgIpc) is 3.38. The minimum Gasteiger partial charge on any atom is -0.308 e. The number of rotatable bonds is 3. The second-order valence-corrected chi connectivity index (χ2v) is 10.5. The van der Waals surface area contributed by atoms with Crippen LogP contribution in [0.25, 0.3) is 27.6 Å². The van der Waals surface area contributed by atoms with Crippen LogP contribution in [0.3, 0.4) is 0 Å². The van der Waals surface area contributed by atoms with E-state index in [1.165, 1.54) is 12.1 Å². The number of carbonyl (C=O) groups excluding carboxylic acids is 4. The van der Waals surface area contributed by atoms with Gasteiger partial charge in [0.1, 0.15) is 23.3 Å². The van der Waals surface area contributed by atoms with Crippen LogP contribution in [0.2, 0.25) is 0 Å². The molecule has 0 N–H and O–H groups in total. The van der Waals surface area contributed by atoms with E-state index < -0.39 is 23.1 Å². The van der Waals surface area contributed by atoms with E-state index in [-0.39, 0.29) is 55.9 Å². The van der Waals surface area contributed by atoms with E-state index in [0.717, 1.165) is 5.56 Å². The molecule has 0 spiro atoms. The summed E-state index contributed by atoms with van der Waals surface area (Å²) in [6.07, 6.45) is 0. The minimum atomic E-state index is -0.588. The highest BCUT2D eigenvalue weighted by Crippen LogP contribution is 2.44. The fourth-order valence-electron chi connectivity index (χ4n) is 6.11. The number of Topliss-reactive ketones (excluding diaryl/α,β-unsaturated/α-hetero) is 4. The molecule has 0 amide bonds. The van der Waals surface area contributed by atoms with Crippen molar-refractivity contribution in [2.24, 2.45) is 0 Å². The number of carbonyl (C=O) groups is 4. The zero-order valence-corrected chi connectivity index (χ0v) is 23.2. The van der Waals surface area contributed by atoms with Gasteiger partial charge >= 0.3 is 0 Å². The number of aromatic nitrogens is 1. The summed E-state index contributed by atoms with van der Waals surface area (Å²) in [5.41, 5.74) is 1.56. The first-order chi connectivity index (χ1) is 21.4. The Kier molecular flexibility index (Phi) is 5.91. The molecule has 2 aliphatic rings. The van der Waals surface area contributed by atoms with Crippen molar-refractivity contribution < 1.29 is 19.2 Å². The second-order valence-electron chi connectivity index (χ2n) is 10.5. The van der Waals surface area contributed by atoms with Gasteiger partial charge < -0.3 is 4.57 Å². The standard InChI is InChI=1S/C37H19N3O4/c1-20-14-16-21(17-15-20)40-32(30-28(18-38)34(41)24-10-4-6-12-26(24)36(30)43)22-8-2-3-9-23(22)33(40)31-29(19-39)35(42)25-11-5-7-13-27(25)37(31)44/h2-17H,1H3. The van der Waals surface area contributed by atoms with Crippen LogP contribution < -0.4 is 0 Å². The van der Waals surface area contributed by atoms with Crippen LogP contribution in [0, 0.1) is 29.6 Å². The highest BCUT2D eigenvalue weighted by atomic mass is 16.1. The predicted molar refractivity (Wildman–Crippen MR) is 163 cm³/mol. The molecule has 1 aromatic heterocycles. The van der Waals surface area contributed by atoms with Crippen molar-refractivity contribution in [2.45, 2.75) is 6.92 Å². The lowest BCUT2D eigenvalue weighted by atomic mass is 9.82. The van der Waals surface area contributed by atoms with Crippen LogP contribution in [-0.2, 0) is 0 Å². The molecule has 0 radical (unpaired) electrons. The van der Waals surface area contributed by atoms with Crippen molar-refractivity contribution in [3.8, 4) is 17.8 Å². The quantitative estimate of drug-likeness (QED) is 0.240. The maximum Gasteiger partial charge on any atom is 0.205 e. The second kappa shape index (κ2) is 9.84. The molecule has 0 saturated heterocycles. The third kappa shape index (κ3) is 3.60. The van der Waals surface area contributed by atoms with Gasteiger partial charge in [-0.2, -0.15) is 10.5 Å².